The Hall–Kier alpha value is -2.86. The number of hydrogen-bond donors (Lipinski definition) is 0. The van der Waals surface area contributed by atoms with Gasteiger partial charge in [0, 0.05) is 56.4 Å². The topological polar surface area (TPSA) is 59.1 Å². The van der Waals surface area contributed by atoms with Crippen LogP contribution in [0, 0.1) is 11.8 Å². The zero-order valence-electron chi connectivity index (χ0n) is 21.7. The van der Waals surface area contributed by atoms with E-state index >= 15 is 0 Å². The van der Waals surface area contributed by atoms with Crippen molar-refractivity contribution in [1.82, 2.24) is 9.80 Å². The predicted molar refractivity (Wildman–Crippen MR) is 139 cm³/mol. The second-order valence-corrected chi connectivity index (χ2v) is 11.0. The van der Waals surface area contributed by atoms with Crippen LogP contribution in [0.25, 0.3) is 0 Å². The van der Waals surface area contributed by atoms with Crippen LogP contribution in [0.5, 0.6) is 5.75 Å². The van der Waals surface area contributed by atoms with Crippen molar-refractivity contribution in [2.45, 2.75) is 56.6 Å². The highest BCUT2D eigenvalue weighted by molar-refractivity contribution is 5.94. The van der Waals surface area contributed by atoms with Gasteiger partial charge in [-0.3, -0.25) is 9.59 Å². The Morgan fingerprint density at radius 1 is 1.11 bits per heavy atom. The van der Waals surface area contributed by atoms with E-state index in [1.165, 1.54) is 25.3 Å². The second kappa shape index (κ2) is 10.3. The summed E-state index contributed by atoms with van der Waals surface area (Å²) in [5, 5.41) is 0. The SMILES string of the molecule is COc1cccc(C23CCN(CC4CC4)CC2C(OC(C)=O)C[C@H](N(C)C(=O)c2ccccc2)C3)c1. The van der Waals surface area contributed by atoms with Crippen LogP contribution < -0.4 is 4.74 Å². The van der Waals surface area contributed by atoms with Crippen LogP contribution in [0.1, 0.15) is 54.9 Å². The van der Waals surface area contributed by atoms with Crippen molar-refractivity contribution in [2.75, 3.05) is 33.8 Å². The van der Waals surface area contributed by atoms with E-state index in [9.17, 15) is 9.59 Å². The summed E-state index contributed by atoms with van der Waals surface area (Å²) >= 11 is 0. The lowest BCUT2D eigenvalue weighted by atomic mass is 9.56. The molecule has 0 aromatic heterocycles. The number of fused-ring (bicyclic) bond motifs is 1. The van der Waals surface area contributed by atoms with Gasteiger partial charge < -0.3 is 19.3 Å². The third kappa shape index (κ3) is 5.01. The zero-order valence-corrected chi connectivity index (χ0v) is 21.7. The Balaban J connectivity index is 1.52. The molecule has 0 spiro atoms. The molecular formula is C30H38N2O4. The van der Waals surface area contributed by atoms with Crippen LogP contribution >= 0.6 is 0 Å². The quantitative estimate of drug-likeness (QED) is 0.534. The lowest BCUT2D eigenvalue weighted by molar-refractivity contribution is -0.158. The third-order valence-electron chi connectivity index (χ3n) is 8.66. The van der Waals surface area contributed by atoms with Gasteiger partial charge in [-0.2, -0.15) is 0 Å². The average Bonchev–Trinajstić information content (AvgIpc) is 3.72. The van der Waals surface area contributed by atoms with Crippen LogP contribution in [0.3, 0.4) is 0 Å². The van der Waals surface area contributed by atoms with E-state index in [1.54, 1.807) is 7.11 Å². The van der Waals surface area contributed by atoms with Gasteiger partial charge >= 0.3 is 5.97 Å². The number of carbonyl (C=O) groups excluding carboxylic acids is 2. The maximum absolute atomic E-state index is 13.4. The maximum atomic E-state index is 13.4. The Kier molecular flexibility index (Phi) is 7.07. The molecule has 192 valence electrons. The van der Waals surface area contributed by atoms with Crippen molar-refractivity contribution < 1.29 is 19.1 Å². The molecule has 0 bridgehead atoms. The molecule has 0 N–H and O–H groups in total. The number of carbonyl (C=O) groups is 2. The molecule has 2 saturated carbocycles. The molecule has 6 nitrogen and oxygen atoms in total. The first kappa shape index (κ1) is 24.8. The summed E-state index contributed by atoms with van der Waals surface area (Å²) in [6.45, 7) is 4.56. The lowest BCUT2D eigenvalue weighted by Crippen LogP contribution is -2.62. The maximum Gasteiger partial charge on any atom is 0.302 e. The van der Waals surface area contributed by atoms with E-state index in [0.29, 0.717) is 12.0 Å². The van der Waals surface area contributed by atoms with Crippen LogP contribution in [-0.2, 0) is 14.9 Å². The Morgan fingerprint density at radius 3 is 2.58 bits per heavy atom. The molecule has 2 aromatic rings. The monoisotopic (exact) mass is 490 g/mol. The average molecular weight is 491 g/mol. The Labute approximate surface area is 214 Å². The molecule has 3 fully saturated rings. The third-order valence-corrected chi connectivity index (χ3v) is 8.66. The summed E-state index contributed by atoms with van der Waals surface area (Å²) in [5.41, 5.74) is 1.70. The van der Waals surface area contributed by atoms with E-state index < -0.39 is 0 Å². The summed E-state index contributed by atoms with van der Waals surface area (Å²) < 4.78 is 11.7. The van der Waals surface area contributed by atoms with Gasteiger partial charge in [-0.1, -0.05) is 30.3 Å². The van der Waals surface area contributed by atoms with Gasteiger partial charge in [0.2, 0.25) is 0 Å². The molecule has 0 radical (unpaired) electrons. The van der Waals surface area contributed by atoms with Gasteiger partial charge in [0.25, 0.3) is 5.91 Å². The second-order valence-electron chi connectivity index (χ2n) is 11.0. The highest BCUT2D eigenvalue weighted by Gasteiger charge is 2.54. The molecule has 2 aliphatic carbocycles. The largest absolute Gasteiger partial charge is 0.497 e. The number of likely N-dealkylation sites (tertiary alicyclic amines) is 1. The van der Waals surface area contributed by atoms with E-state index in [2.05, 4.69) is 23.1 Å². The van der Waals surface area contributed by atoms with E-state index in [0.717, 1.165) is 44.1 Å². The molecule has 2 aromatic carbocycles. The molecule has 1 amide bonds. The number of nitrogens with zero attached hydrogens (tertiary/aromatic N) is 2. The highest BCUT2D eigenvalue weighted by atomic mass is 16.5. The molecule has 3 aliphatic rings. The number of hydrogen-bond acceptors (Lipinski definition) is 5. The summed E-state index contributed by atoms with van der Waals surface area (Å²) in [6, 6.07) is 17.8. The number of esters is 1. The fourth-order valence-electron chi connectivity index (χ4n) is 6.58. The fraction of sp³-hybridized carbons (Fsp3) is 0.533. The molecule has 1 saturated heterocycles. The summed E-state index contributed by atoms with van der Waals surface area (Å²) in [6.07, 6.45) is 4.87. The fourth-order valence-corrected chi connectivity index (χ4v) is 6.58. The number of ether oxygens (including phenoxy) is 2. The van der Waals surface area contributed by atoms with Gasteiger partial charge in [0.15, 0.2) is 0 Å². The molecule has 5 rings (SSSR count). The molecule has 1 heterocycles. The summed E-state index contributed by atoms with van der Waals surface area (Å²) in [7, 11) is 3.59. The van der Waals surface area contributed by atoms with E-state index in [4.69, 9.17) is 9.47 Å². The minimum absolute atomic E-state index is 0.00702. The smallest absolute Gasteiger partial charge is 0.302 e. The summed E-state index contributed by atoms with van der Waals surface area (Å²) in [4.78, 5) is 30.2. The minimum Gasteiger partial charge on any atom is -0.497 e. The standard InChI is InChI=1S/C30H38N2O4/c1-21(33)36-28-17-25(31(2)29(34)23-8-5-4-6-9-23)18-30(24-10-7-11-26(16-24)35-3)14-15-32(20-27(28)30)19-22-12-13-22/h4-11,16,22,25,27-28H,12-15,17-20H2,1-3H3/t25-,27?,28?,30?/m0/s1. The predicted octanol–water partition coefficient (Wildman–Crippen LogP) is 4.53. The number of methoxy groups -OCH3 is 1. The number of benzene rings is 2. The van der Waals surface area contributed by atoms with Crippen molar-refractivity contribution in [3.63, 3.8) is 0 Å². The van der Waals surface area contributed by atoms with Crippen LogP contribution in [0.2, 0.25) is 0 Å². The molecule has 3 unspecified atom stereocenters. The van der Waals surface area contributed by atoms with Crippen molar-refractivity contribution in [3.8, 4) is 5.75 Å². The molecule has 4 atom stereocenters. The van der Waals surface area contributed by atoms with Gasteiger partial charge in [-0.15, -0.1) is 0 Å². The van der Waals surface area contributed by atoms with Crippen LogP contribution in [0.4, 0.5) is 0 Å². The molecular weight excluding hydrogens is 452 g/mol. The van der Waals surface area contributed by atoms with Gasteiger partial charge in [-0.05, 0) is 68.0 Å². The van der Waals surface area contributed by atoms with Gasteiger partial charge in [0.1, 0.15) is 11.9 Å². The Bertz CT molecular complexity index is 1090. The Morgan fingerprint density at radius 2 is 1.89 bits per heavy atom. The van der Waals surface area contributed by atoms with E-state index in [-0.39, 0.29) is 35.4 Å². The first-order valence-corrected chi connectivity index (χ1v) is 13.3. The van der Waals surface area contributed by atoms with Crippen molar-refractivity contribution in [2.24, 2.45) is 11.8 Å². The highest BCUT2D eigenvalue weighted by Crippen LogP contribution is 2.52. The van der Waals surface area contributed by atoms with Crippen molar-refractivity contribution in [1.29, 1.82) is 0 Å². The van der Waals surface area contributed by atoms with Crippen LogP contribution in [0.15, 0.2) is 54.6 Å². The first-order chi connectivity index (χ1) is 17.4. The zero-order chi connectivity index (χ0) is 25.3. The summed E-state index contributed by atoms with van der Waals surface area (Å²) in [5.74, 6) is 1.56. The minimum atomic E-state index is -0.253. The van der Waals surface area contributed by atoms with Crippen LogP contribution in [-0.4, -0.2) is 67.6 Å². The number of amides is 1. The van der Waals surface area contributed by atoms with Gasteiger partial charge in [0.05, 0.1) is 7.11 Å². The van der Waals surface area contributed by atoms with Crippen molar-refractivity contribution >= 4 is 11.9 Å². The molecule has 6 heteroatoms. The molecule has 1 aliphatic heterocycles. The lowest BCUT2D eigenvalue weighted by Gasteiger charge is -2.56. The number of piperidine rings is 1. The van der Waals surface area contributed by atoms with Crippen molar-refractivity contribution in [3.05, 3.63) is 65.7 Å². The normalized spacial score (nSPS) is 28.1. The number of rotatable bonds is 7. The molecule has 36 heavy (non-hydrogen) atoms. The van der Waals surface area contributed by atoms with Gasteiger partial charge in [-0.25, -0.2) is 0 Å². The first-order valence-electron chi connectivity index (χ1n) is 13.3. The van der Waals surface area contributed by atoms with E-state index in [1.807, 2.05) is 48.3 Å².